The van der Waals surface area contributed by atoms with Crippen molar-refractivity contribution in [1.29, 1.82) is 0 Å². The summed E-state index contributed by atoms with van der Waals surface area (Å²) < 4.78 is 7.02. The van der Waals surface area contributed by atoms with E-state index in [4.69, 9.17) is 10.5 Å². The zero-order valence-corrected chi connectivity index (χ0v) is 12.3. The van der Waals surface area contributed by atoms with E-state index >= 15 is 0 Å². The van der Waals surface area contributed by atoms with Gasteiger partial charge in [0.15, 0.2) is 12.0 Å². The van der Waals surface area contributed by atoms with Gasteiger partial charge in [0.1, 0.15) is 5.82 Å². The molecule has 0 atom stereocenters. The maximum Gasteiger partial charge on any atom is 0.359 e. The van der Waals surface area contributed by atoms with Crippen molar-refractivity contribution in [2.24, 2.45) is 0 Å². The molecule has 0 spiro atoms. The molecule has 0 saturated heterocycles. The fourth-order valence-electron chi connectivity index (χ4n) is 1.71. The molecule has 20 heavy (non-hydrogen) atoms. The lowest BCUT2D eigenvalue weighted by atomic mass is 10.2. The zero-order valence-electron chi connectivity index (χ0n) is 10.7. The highest BCUT2D eigenvalue weighted by Gasteiger charge is 2.22. The fourth-order valence-corrected chi connectivity index (χ4v) is 2.10. The Morgan fingerprint density at radius 2 is 2.30 bits per heavy atom. The van der Waals surface area contributed by atoms with E-state index in [0.29, 0.717) is 12.0 Å². The van der Waals surface area contributed by atoms with E-state index in [1.807, 2.05) is 6.07 Å². The highest BCUT2D eigenvalue weighted by atomic mass is 79.9. The summed E-state index contributed by atoms with van der Waals surface area (Å²) in [4.78, 5) is 22.9. The molecule has 2 aromatic rings. The Morgan fingerprint density at radius 1 is 1.55 bits per heavy atom. The van der Waals surface area contributed by atoms with Gasteiger partial charge in [-0.15, -0.1) is 0 Å². The van der Waals surface area contributed by atoms with Crippen LogP contribution in [0.15, 0.2) is 28.7 Å². The number of nitrogens with two attached hydrogens (primary N) is 1. The van der Waals surface area contributed by atoms with Gasteiger partial charge in [-0.1, -0.05) is 22.0 Å². The number of aldehydes is 1. The van der Waals surface area contributed by atoms with Gasteiger partial charge >= 0.3 is 5.97 Å². The van der Waals surface area contributed by atoms with Crippen LogP contribution < -0.4 is 5.73 Å². The van der Waals surface area contributed by atoms with Crippen molar-refractivity contribution >= 4 is 34.0 Å². The third-order valence-electron chi connectivity index (χ3n) is 2.60. The third kappa shape index (κ3) is 2.57. The molecule has 0 fully saturated rings. The van der Waals surface area contributed by atoms with Crippen molar-refractivity contribution < 1.29 is 14.3 Å². The second kappa shape index (κ2) is 5.87. The SMILES string of the molecule is CCOC(=O)c1nn(-c2cccc(Br)c2)c(N)c1C=O. The Morgan fingerprint density at radius 3 is 2.90 bits per heavy atom. The highest BCUT2D eigenvalue weighted by molar-refractivity contribution is 9.10. The lowest BCUT2D eigenvalue weighted by Crippen LogP contribution is -2.08. The summed E-state index contributed by atoms with van der Waals surface area (Å²) in [6, 6.07) is 7.17. The summed E-state index contributed by atoms with van der Waals surface area (Å²) in [5, 5.41) is 4.08. The monoisotopic (exact) mass is 337 g/mol. The molecule has 0 unspecified atom stereocenters. The van der Waals surface area contributed by atoms with Crippen molar-refractivity contribution in [2.75, 3.05) is 12.3 Å². The van der Waals surface area contributed by atoms with Crippen LogP contribution in [0.25, 0.3) is 5.69 Å². The third-order valence-corrected chi connectivity index (χ3v) is 3.09. The number of benzene rings is 1. The predicted molar refractivity (Wildman–Crippen MR) is 77.0 cm³/mol. The number of hydrogen-bond donors (Lipinski definition) is 1. The van der Waals surface area contributed by atoms with E-state index in [1.54, 1.807) is 25.1 Å². The molecular weight excluding hydrogens is 326 g/mol. The molecule has 2 rings (SSSR count). The molecule has 1 aromatic heterocycles. The standard InChI is InChI=1S/C13H12BrN3O3/c1-2-20-13(19)11-10(7-18)12(15)17(16-11)9-5-3-4-8(14)6-9/h3-7H,2,15H2,1H3. The van der Waals surface area contributed by atoms with Crippen LogP contribution in [0.1, 0.15) is 27.8 Å². The van der Waals surface area contributed by atoms with Gasteiger partial charge in [-0.25, -0.2) is 9.48 Å². The summed E-state index contributed by atoms with van der Waals surface area (Å²) in [5.41, 5.74) is 6.46. The number of ether oxygens (including phenoxy) is 1. The van der Waals surface area contributed by atoms with Gasteiger partial charge in [-0.3, -0.25) is 4.79 Å². The first-order chi connectivity index (χ1) is 9.58. The number of esters is 1. The number of anilines is 1. The van der Waals surface area contributed by atoms with Gasteiger partial charge in [0.2, 0.25) is 0 Å². The molecule has 1 aromatic carbocycles. The van der Waals surface area contributed by atoms with Crippen LogP contribution in [0.4, 0.5) is 5.82 Å². The van der Waals surface area contributed by atoms with E-state index < -0.39 is 5.97 Å². The summed E-state index contributed by atoms with van der Waals surface area (Å²) in [7, 11) is 0. The maximum atomic E-state index is 11.8. The lowest BCUT2D eigenvalue weighted by Gasteiger charge is -2.04. The average molecular weight is 338 g/mol. The first-order valence-electron chi connectivity index (χ1n) is 5.85. The number of aromatic nitrogens is 2. The Bertz CT molecular complexity index is 667. The van der Waals surface area contributed by atoms with Gasteiger partial charge in [0.05, 0.1) is 17.9 Å². The van der Waals surface area contributed by atoms with Crippen LogP contribution in [-0.4, -0.2) is 28.6 Å². The number of halogens is 1. The first kappa shape index (κ1) is 14.3. The number of carbonyl (C=O) groups excluding carboxylic acids is 2. The van der Waals surface area contributed by atoms with E-state index in [0.717, 1.165) is 4.47 Å². The number of rotatable bonds is 4. The summed E-state index contributed by atoms with van der Waals surface area (Å²) in [5.74, 6) is -0.573. The predicted octanol–water partition coefficient (Wildman–Crippen LogP) is 2.21. The second-order valence-corrected chi connectivity index (χ2v) is 4.79. The summed E-state index contributed by atoms with van der Waals surface area (Å²) in [6.45, 7) is 1.87. The van der Waals surface area contributed by atoms with Gasteiger partial charge < -0.3 is 10.5 Å². The van der Waals surface area contributed by atoms with Crippen LogP contribution in [0.5, 0.6) is 0 Å². The molecule has 0 bridgehead atoms. The minimum Gasteiger partial charge on any atom is -0.461 e. The van der Waals surface area contributed by atoms with Crippen LogP contribution >= 0.6 is 15.9 Å². The lowest BCUT2D eigenvalue weighted by molar-refractivity contribution is 0.0517. The quantitative estimate of drug-likeness (QED) is 0.682. The van der Waals surface area contributed by atoms with E-state index in [2.05, 4.69) is 21.0 Å². The topological polar surface area (TPSA) is 87.2 Å². The molecule has 0 aliphatic heterocycles. The second-order valence-electron chi connectivity index (χ2n) is 3.88. The Hall–Kier alpha value is -2.15. The Labute approximate surface area is 123 Å². The maximum absolute atomic E-state index is 11.8. The van der Waals surface area contributed by atoms with Gasteiger partial charge in [0, 0.05) is 4.47 Å². The summed E-state index contributed by atoms with van der Waals surface area (Å²) in [6.07, 6.45) is 0.503. The molecule has 0 amide bonds. The van der Waals surface area contributed by atoms with Crippen molar-refractivity contribution in [3.05, 3.63) is 40.0 Å². The molecule has 0 saturated carbocycles. The van der Waals surface area contributed by atoms with Gasteiger partial charge in [-0.2, -0.15) is 5.10 Å². The van der Waals surface area contributed by atoms with Crippen molar-refractivity contribution in [2.45, 2.75) is 6.92 Å². The first-order valence-corrected chi connectivity index (χ1v) is 6.64. The largest absolute Gasteiger partial charge is 0.461 e. The normalized spacial score (nSPS) is 10.3. The minimum atomic E-state index is -0.671. The molecule has 7 heteroatoms. The number of carbonyl (C=O) groups is 2. The molecule has 0 aliphatic rings. The molecule has 104 valence electrons. The van der Waals surface area contributed by atoms with Gasteiger partial charge in [-0.05, 0) is 25.1 Å². The van der Waals surface area contributed by atoms with E-state index in [1.165, 1.54) is 4.68 Å². The van der Waals surface area contributed by atoms with E-state index in [9.17, 15) is 9.59 Å². The molecule has 0 radical (unpaired) electrons. The summed E-state index contributed by atoms with van der Waals surface area (Å²) >= 11 is 3.34. The van der Waals surface area contributed by atoms with E-state index in [-0.39, 0.29) is 23.7 Å². The minimum absolute atomic E-state index is 0.0309. The number of nitrogen functional groups attached to an aromatic ring is 1. The molecule has 1 heterocycles. The molecule has 2 N–H and O–H groups in total. The van der Waals surface area contributed by atoms with Crippen molar-refractivity contribution in [1.82, 2.24) is 9.78 Å². The van der Waals surface area contributed by atoms with Crippen LogP contribution in [-0.2, 0) is 4.74 Å². The highest BCUT2D eigenvalue weighted by Crippen LogP contribution is 2.22. The van der Waals surface area contributed by atoms with Gasteiger partial charge in [0.25, 0.3) is 0 Å². The fraction of sp³-hybridized carbons (Fsp3) is 0.154. The van der Waals surface area contributed by atoms with Crippen LogP contribution in [0, 0.1) is 0 Å². The average Bonchev–Trinajstić information content (AvgIpc) is 2.76. The van der Waals surface area contributed by atoms with Crippen LogP contribution in [0.3, 0.4) is 0 Å². The zero-order chi connectivity index (χ0) is 14.7. The van der Waals surface area contributed by atoms with Crippen molar-refractivity contribution in [3.8, 4) is 5.69 Å². The Kier molecular flexibility index (Phi) is 4.19. The number of nitrogens with zero attached hydrogens (tertiary/aromatic N) is 2. The Balaban J connectivity index is 2.56. The van der Waals surface area contributed by atoms with Crippen molar-refractivity contribution in [3.63, 3.8) is 0 Å². The van der Waals surface area contributed by atoms with Crippen LogP contribution in [0.2, 0.25) is 0 Å². The molecular formula is C13H12BrN3O3. The number of hydrogen-bond acceptors (Lipinski definition) is 5. The smallest absolute Gasteiger partial charge is 0.359 e. The molecule has 6 nitrogen and oxygen atoms in total. The molecule has 0 aliphatic carbocycles.